The molecule has 0 saturated heterocycles. The van der Waals surface area contributed by atoms with Gasteiger partial charge in [0, 0.05) is 23.1 Å². The van der Waals surface area contributed by atoms with Crippen LogP contribution >= 0.6 is 22.7 Å². The van der Waals surface area contributed by atoms with Gasteiger partial charge in [-0.1, -0.05) is 12.1 Å². The molecule has 8 nitrogen and oxygen atoms in total. The number of anilines is 1. The number of hydrogen-bond donors (Lipinski definition) is 1. The Morgan fingerprint density at radius 1 is 1.29 bits per heavy atom. The molecule has 2 aromatic heterocycles. The molecule has 28 heavy (non-hydrogen) atoms. The van der Waals surface area contributed by atoms with Crippen LogP contribution in [0.4, 0.5) is 10.8 Å². The lowest BCUT2D eigenvalue weighted by molar-refractivity contribution is -0.384. The Labute approximate surface area is 168 Å². The van der Waals surface area contributed by atoms with Crippen molar-refractivity contribution in [2.24, 2.45) is 0 Å². The zero-order valence-electron chi connectivity index (χ0n) is 14.9. The van der Waals surface area contributed by atoms with Crippen LogP contribution in [-0.2, 0) is 9.53 Å². The summed E-state index contributed by atoms with van der Waals surface area (Å²) in [5.74, 6) is -1.06. The van der Waals surface area contributed by atoms with E-state index in [0.717, 1.165) is 5.56 Å². The molecule has 1 aromatic carbocycles. The van der Waals surface area contributed by atoms with Crippen LogP contribution in [-0.4, -0.2) is 27.9 Å². The zero-order valence-corrected chi connectivity index (χ0v) is 16.5. The summed E-state index contributed by atoms with van der Waals surface area (Å²) in [5.41, 5.74) is 1.83. The summed E-state index contributed by atoms with van der Waals surface area (Å²) in [5, 5.41) is 17.3. The first-order valence-electron chi connectivity index (χ1n) is 8.11. The Bertz CT molecular complexity index is 1040. The predicted molar refractivity (Wildman–Crippen MR) is 107 cm³/mol. The van der Waals surface area contributed by atoms with Crippen molar-refractivity contribution in [3.05, 3.63) is 61.6 Å². The van der Waals surface area contributed by atoms with Crippen molar-refractivity contribution in [1.82, 2.24) is 4.98 Å². The zero-order chi connectivity index (χ0) is 20.3. The van der Waals surface area contributed by atoms with Gasteiger partial charge in [-0.2, -0.15) is 0 Å². The highest BCUT2D eigenvalue weighted by Crippen LogP contribution is 2.27. The maximum absolute atomic E-state index is 12.3. The largest absolute Gasteiger partial charge is 0.448 e. The van der Waals surface area contributed by atoms with Crippen molar-refractivity contribution >= 4 is 45.4 Å². The van der Waals surface area contributed by atoms with Gasteiger partial charge in [-0.05, 0) is 30.9 Å². The number of thiophene rings is 1. The molecule has 3 aromatic rings. The lowest BCUT2D eigenvalue weighted by atomic mass is 10.1. The van der Waals surface area contributed by atoms with Gasteiger partial charge in [-0.25, -0.2) is 9.78 Å². The quantitative estimate of drug-likeness (QED) is 0.364. The number of carbonyl (C=O) groups is 2. The first kappa shape index (κ1) is 19.6. The van der Waals surface area contributed by atoms with Crippen LogP contribution in [0, 0.1) is 17.0 Å². The molecule has 0 unspecified atom stereocenters. The molecular weight excluding hydrogens is 402 g/mol. The number of amides is 1. The fourth-order valence-electron chi connectivity index (χ4n) is 2.30. The van der Waals surface area contributed by atoms with Crippen molar-refractivity contribution in [3.63, 3.8) is 0 Å². The summed E-state index contributed by atoms with van der Waals surface area (Å²) in [7, 11) is 0. The average Bonchev–Trinajstić information content (AvgIpc) is 3.30. The molecule has 0 radical (unpaired) electrons. The fourth-order valence-corrected chi connectivity index (χ4v) is 3.83. The molecule has 3 rings (SSSR count). The molecule has 0 aliphatic heterocycles. The van der Waals surface area contributed by atoms with Gasteiger partial charge in [0.1, 0.15) is 4.88 Å². The number of nitrogens with one attached hydrogen (secondary N) is 1. The minimum atomic E-state index is -1.00. The summed E-state index contributed by atoms with van der Waals surface area (Å²) < 4.78 is 5.20. The Morgan fingerprint density at radius 2 is 2.07 bits per heavy atom. The van der Waals surface area contributed by atoms with Crippen LogP contribution in [0.15, 0.2) is 41.1 Å². The average molecular weight is 417 g/mol. The van der Waals surface area contributed by atoms with Crippen LogP contribution < -0.4 is 5.32 Å². The number of aryl methyl sites for hydroxylation is 1. The summed E-state index contributed by atoms with van der Waals surface area (Å²) in [4.78, 5) is 39.5. The van der Waals surface area contributed by atoms with Crippen LogP contribution in [0.1, 0.15) is 22.2 Å². The van der Waals surface area contributed by atoms with E-state index >= 15 is 0 Å². The second-order valence-electron chi connectivity index (χ2n) is 5.81. The summed E-state index contributed by atoms with van der Waals surface area (Å²) in [6.45, 7) is 3.27. The number of aromatic nitrogens is 1. The Morgan fingerprint density at radius 3 is 2.75 bits per heavy atom. The molecular formula is C18H15N3O5S2. The summed E-state index contributed by atoms with van der Waals surface area (Å²) >= 11 is 2.43. The number of carbonyl (C=O) groups excluding carboxylic acids is 2. The number of benzene rings is 1. The smallest absolute Gasteiger partial charge is 0.349 e. The summed E-state index contributed by atoms with van der Waals surface area (Å²) in [6.07, 6.45) is -1.00. The van der Waals surface area contributed by atoms with Gasteiger partial charge in [-0.3, -0.25) is 20.2 Å². The van der Waals surface area contributed by atoms with Crippen molar-refractivity contribution in [2.45, 2.75) is 20.0 Å². The number of thiazole rings is 1. The third-order valence-electron chi connectivity index (χ3n) is 3.79. The van der Waals surface area contributed by atoms with Crippen molar-refractivity contribution in [3.8, 4) is 11.3 Å². The van der Waals surface area contributed by atoms with Crippen molar-refractivity contribution in [1.29, 1.82) is 0 Å². The number of ether oxygens (including phenoxy) is 1. The maximum atomic E-state index is 12.3. The van der Waals surface area contributed by atoms with Gasteiger partial charge in [0.05, 0.1) is 10.6 Å². The molecule has 2 heterocycles. The predicted octanol–water partition coefficient (Wildman–Crippen LogP) is 4.27. The molecule has 144 valence electrons. The number of hydrogen-bond acceptors (Lipinski definition) is 8. The molecule has 0 aliphatic rings. The van der Waals surface area contributed by atoms with Gasteiger partial charge >= 0.3 is 5.97 Å². The second-order valence-corrected chi connectivity index (χ2v) is 7.59. The molecule has 1 atom stereocenters. The summed E-state index contributed by atoms with van der Waals surface area (Å²) in [6, 6.07) is 7.87. The van der Waals surface area contributed by atoms with E-state index in [4.69, 9.17) is 4.74 Å². The third-order valence-corrected chi connectivity index (χ3v) is 5.54. The van der Waals surface area contributed by atoms with E-state index in [1.165, 1.54) is 41.7 Å². The monoisotopic (exact) mass is 417 g/mol. The number of nitro benzene ring substituents is 1. The molecule has 1 amide bonds. The van der Waals surface area contributed by atoms with E-state index in [2.05, 4.69) is 10.3 Å². The molecule has 1 N–H and O–H groups in total. The Balaban J connectivity index is 1.65. The van der Waals surface area contributed by atoms with E-state index in [9.17, 15) is 19.7 Å². The number of nitro groups is 1. The van der Waals surface area contributed by atoms with E-state index in [1.807, 2.05) is 0 Å². The lowest BCUT2D eigenvalue weighted by Gasteiger charge is -2.12. The number of esters is 1. The normalized spacial score (nSPS) is 11.6. The fraction of sp³-hybridized carbons (Fsp3) is 0.167. The first-order chi connectivity index (χ1) is 13.3. The first-order valence-corrected chi connectivity index (χ1v) is 9.87. The molecule has 0 aliphatic carbocycles. The SMILES string of the molecule is Cc1ccsc1C(=O)O[C@@H](C)C(=O)Nc1nc(-c2cccc([N+](=O)[O-])c2)cs1. The lowest BCUT2D eigenvalue weighted by Crippen LogP contribution is -2.29. The molecule has 10 heteroatoms. The minimum Gasteiger partial charge on any atom is -0.448 e. The van der Waals surface area contributed by atoms with Gasteiger partial charge < -0.3 is 4.74 Å². The number of non-ortho nitro benzene ring substituents is 1. The molecule has 0 spiro atoms. The van der Waals surface area contributed by atoms with Crippen molar-refractivity contribution in [2.75, 3.05) is 5.32 Å². The Kier molecular flexibility index (Phi) is 5.81. The van der Waals surface area contributed by atoms with Crippen LogP contribution in [0.25, 0.3) is 11.3 Å². The number of nitrogens with zero attached hydrogens (tertiary/aromatic N) is 2. The molecule has 0 bridgehead atoms. The van der Waals surface area contributed by atoms with E-state index in [-0.39, 0.29) is 5.69 Å². The van der Waals surface area contributed by atoms with Gasteiger partial charge in [0.15, 0.2) is 11.2 Å². The molecule has 0 fully saturated rings. The van der Waals surface area contributed by atoms with Gasteiger partial charge in [0.25, 0.3) is 11.6 Å². The maximum Gasteiger partial charge on any atom is 0.349 e. The number of rotatable bonds is 6. The van der Waals surface area contributed by atoms with E-state index in [1.54, 1.807) is 35.9 Å². The van der Waals surface area contributed by atoms with Crippen molar-refractivity contribution < 1.29 is 19.2 Å². The standard InChI is InChI=1S/C18H15N3O5S2/c1-10-6-7-27-15(10)17(23)26-11(2)16(22)20-18-19-14(9-28-18)12-4-3-5-13(8-12)21(24)25/h3-9,11H,1-2H3,(H,19,20,22)/t11-/m0/s1. The second kappa shape index (κ2) is 8.28. The Hall–Kier alpha value is -3.11. The highest BCUT2D eigenvalue weighted by Gasteiger charge is 2.22. The van der Waals surface area contributed by atoms with Gasteiger partial charge in [-0.15, -0.1) is 22.7 Å². The minimum absolute atomic E-state index is 0.0412. The van der Waals surface area contributed by atoms with Crippen LogP contribution in [0.2, 0.25) is 0 Å². The van der Waals surface area contributed by atoms with Crippen LogP contribution in [0.5, 0.6) is 0 Å². The van der Waals surface area contributed by atoms with Crippen LogP contribution in [0.3, 0.4) is 0 Å². The van der Waals surface area contributed by atoms with E-state index < -0.39 is 22.9 Å². The third kappa shape index (κ3) is 4.41. The van der Waals surface area contributed by atoms with Gasteiger partial charge in [0.2, 0.25) is 0 Å². The molecule has 0 saturated carbocycles. The van der Waals surface area contributed by atoms with E-state index in [0.29, 0.717) is 21.3 Å². The highest BCUT2D eigenvalue weighted by molar-refractivity contribution is 7.14. The highest BCUT2D eigenvalue weighted by atomic mass is 32.1. The topological polar surface area (TPSA) is 111 Å².